The van der Waals surface area contributed by atoms with E-state index in [1.807, 2.05) is 20.0 Å². The van der Waals surface area contributed by atoms with Crippen molar-refractivity contribution < 1.29 is 4.39 Å². The number of fused-ring (bicyclic) bond motifs is 1. The number of aromatic nitrogens is 1. The molecule has 0 aliphatic rings. The lowest BCUT2D eigenvalue weighted by Gasteiger charge is -2.08. The summed E-state index contributed by atoms with van der Waals surface area (Å²) in [6.45, 7) is 2.59. The highest BCUT2D eigenvalue weighted by molar-refractivity contribution is 5.83. The Hall–Kier alpha value is -1.68. The number of hydrogen-bond acceptors (Lipinski definition) is 2. The quantitative estimate of drug-likeness (QED) is 0.849. The highest BCUT2D eigenvalue weighted by atomic mass is 19.1. The summed E-state index contributed by atoms with van der Waals surface area (Å²) >= 11 is 0. The minimum Gasteiger partial charge on any atom is -0.319 e. The number of aromatic amines is 1. The molecule has 2 N–H and O–H groups in total. The Morgan fingerprint density at radius 1 is 1.41 bits per heavy atom. The van der Waals surface area contributed by atoms with Gasteiger partial charge in [-0.2, -0.15) is 0 Å². The maximum absolute atomic E-state index is 13.5. The number of H-pyrrole nitrogens is 1. The van der Waals surface area contributed by atoms with Crippen LogP contribution in [0.5, 0.6) is 0 Å². The van der Waals surface area contributed by atoms with Gasteiger partial charge in [0.2, 0.25) is 0 Å². The molecule has 0 atom stereocenters. The van der Waals surface area contributed by atoms with E-state index < -0.39 is 0 Å². The van der Waals surface area contributed by atoms with E-state index in [2.05, 4.69) is 10.3 Å². The number of para-hydroxylation sites is 1. The summed E-state index contributed by atoms with van der Waals surface area (Å²) in [5.74, 6) is -0.386. The Kier molecular flexibility index (Phi) is 3.24. The van der Waals surface area contributed by atoms with Crippen LogP contribution in [0, 0.1) is 12.7 Å². The Morgan fingerprint density at radius 3 is 2.88 bits per heavy atom. The molecule has 0 bridgehead atoms. The Bertz CT molecular complexity index is 604. The van der Waals surface area contributed by atoms with Crippen molar-refractivity contribution in [3.05, 3.63) is 45.5 Å². The van der Waals surface area contributed by atoms with Gasteiger partial charge in [-0.1, -0.05) is 12.1 Å². The van der Waals surface area contributed by atoms with Gasteiger partial charge in [-0.15, -0.1) is 0 Å². The van der Waals surface area contributed by atoms with E-state index in [1.165, 1.54) is 6.07 Å². The zero-order valence-corrected chi connectivity index (χ0v) is 9.93. The fourth-order valence-electron chi connectivity index (χ4n) is 2.04. The molecule has 90 valence electrons. The van der Waals surface area contributed by atoms with Gasteiger partial charge in [0, 0.05) is 10.9 Å². The molecule has 2 rings (SSSR count). The van der Waals surface area contributed by atoms with Crippen LogP contribution >= 0.6 is 0 Å². The first-order chi connectivity index (χ1) is 8.15. The molecule has 0 radical (unpaired) electrons. The van der Waals surface area contributed by atoms with Crippen LogP contribution in [0.15, 0.2) is 23.0 Å². The molecule has 0 amide bonds. The molecule has 0 unspecified atom stereocenters. The molecule has 4 heteroatoms. The van der Waals surface area contributed by atoms with Crippen molar-refractivity contribution in [3.8, 4) is 0 Å². The highest BCUT2D eigenvalue weighted by Gasteiger charge is 2.10. The number of pyridine rings is 1. The first kappa shape index (κ1) is 11.8. The summed E-state index contributed by atoms with van der Waals surface area (Å²) in [6.07, 6.45) is 0.643. The van der Waals surface area contributed by atoms with E-state index in [-0.39, 0.29) is 11.4 Å². The first-order valence-corrected chi connectivity index (χ1v) is 5.59. The van der Waals surface area contributed by atoms with E-state index in [9.17, 15) is 9.18 Å². The SMILES string of the molecule is CNCCc1c(C)c2cccc(F)c2[nH]c1=O. The van der Waals surface area contributed by atoms with Gasteiger partial charge in [-0.3, -0.25) is 4.79 Å². The molecule has 0 aliphatic heterocycles. The lowest BCUT2D eigenvalue weighted by atomic mass is 10.0. The molecule has 1 heterocycles. The fraction of sp³-hybridized carbons (Fsp3) is 0.308. The third kappa shape index (κ3) is 2.08. The number of aryl methyl sites for hydroxylation is 1. The lowest BCUT2D eigenvalue weighted by Crippen LogP contribution is -2.20. The third-order valence-electron chi connectivity index (χ3n) is 3.01. The number of halogens is 1. The number of rotatable bonds is 3. The summed E-state index contributed by atoms with van der Waals surface area (Å²) < 4.78 is 13.5. The minimum absolute atomic E-state index is 0.199. The zero-order chi connectivity index (χ0) is 12.4. The van der Waals surface area contributed by atoms with E-state index in [0.29, 0.717) is 11.9 Å². The Balaban J connectivity index is 2.68. The highest BCUT2D eigenvalue weighted by Crippen LogP contribution is 2.19. The summed E-state index contributed by atoms with van der Waals surface area (Å²) in [6, 6.07) is 4.84. The van der Waals surface area contributed by atoms with Crippen molar-refractivity contribution in [1.29, 1.82) is 0 Å². The molecule has 0 fully saturated rings. The third-order valence-corrected chi connectivity index (χ3v) is 3.01. The number of benzene rings is 1. The standard InChI is InChI=1S/C13H15FN2O/c1-8-9-4-3-5-11(14)12(9)16-13(17)10(8)6-7-15-2/h3-5,15H,6-7H2,1-2H3,(H,16,17). The molecule has 2 aromatic rings. The van der Waals surface area contributed by atoms with Crippen LogP contribution in [-0.4, -0.2) is 18.6 Å². The largest absolute Gasteiger partial charge is 0.319 e. The molecule has 0 saturated carbocycles. The van der Waals surface area contributed by atoms with Crippen LogP contribution in [0.3, 0.4) is 0 Å². The van der Waals surface area contributed by atoms with Gasteiger partial charge in [0.25, 0.3) is 5.56 Å². The zero-order valence-electron chi connectivity index (χ0n) is 9.93. The molecule has 0 aliphatic carbocycles. The van der Waals surface area contributed by atoms with Gasteiger partial charge >= 0.3 is 0 Å². The molecule has 3 nitrogen and oxygen atoms in total. The molecular weight excluding hydrogens is 219 g/mol. The minimum atomic E-state index is -0.386. The van der Waals surface area contributed by atoms with Crippen LogP contribution in [0.1, 0.15) is 11.1 Å². The second kappa shape index (κ2) is 4.67. The number of nitrogens with one attached hydrogen (secondary N) is 2. The normalized spacial score (nSPS) is 11.0. The molecule has 17 heavy (non-hydrogen) atoms. The average Bonchev–Trinajstić information content (AvgIpc) is 2.31. The van der Waals surface area contributed by atoms with E-state index in [1.54, 1.807) is 6.07 Å². The van der Waals surface area contributed by atoms with Gasteiger partial charge < -0.3 is 10.3 Å². The van der Waals surface area contributed by atoms with Crippen LogP contribution < -0.4 is 10.9 Å². The lowest BCUT2D eigenvalue weighted by molar-refractivity contribution is 0.636. The number of hydrogen-bond donors (Lipinski definition) is 2. The fourth-order valence-corrected chi connectivity index (χ4v) is 2.04. The summed E-state index contributed by atoms with van der Waals surface area (Å²) in [4.78, 5) is 14.5. The Labute approximate surface area is 98.7 Å². The van der Waals surface area contributed by atoms with E-state index in [4.69, 9.17) is 0 Å². The van der Waals surface area contributed by atoms with E-state index in [0.717, 1.165) is 23.1 Å². The monoisotopic (exact) mass is 234 g/mol. The number of likely N-dealkylation sites (N-methyl/N-ethyl adjacent to an activating group) is 1. The van der Waals surface area contributed by atoms with Crippen molar-refractivity contribution in [2.45, 2.75) is 13.3 Å². The summed E-state index contributed by atoms with van der Waals surface area (Å²) in [5, 5.41) is 3.78. The smallest absolute Gasteiger partial charge is 0.252 e. The maximum atomic E-state index is 13.5. The van der Waals surface area contributed by atoms with Crippen LogP contribution in [0.25, 0.3) is 10.9 Å². The first-order valence-electron chi connectivity index (χ1n) is 5.59. The van der Waals surface area contributed by atoms with E-state index >= 15 is 0 Å². The predicted octanol–water partition coefficient (Wildman–Crippen LogP) is 1.74. The Morgan fingerprint density at radius 2 is 2.18 bits per heavy atom. The topological polar surface area (TPSA) is 44.9 Å². The molecule has 1 aromatic heterocycles. The molecule has 1 aromatic carbocycles. The van der Waals surface area contributed by atoms with Gasteiger partial charge in [0.05, 0.1) is 5.52 Å². The van der Waals surface area contributed by atoms with Crippen molar-refractivity contribution in [1.82, 2.24) is 10.3 Å². The molecule has 0 spiro atoms. The predicted molar refractivity (Wildman–Crippen MR) is 66.9 cm³/mol. The van der Waals surface area contributed by atoms with Crippen LogP contribution in [0.2, 0.25) is 0 Å². The van der Waals surface area contributed by atoms with Crippen molar-refractivity contribution >= 4 is 10.9 Å². The summed E-state index contributed by atoms with van der Waals surface area (Å²) in [5.41, 5.74) is 1.68. The van der Waals surface area contributed by atoms with Crippen molar-refractivity contribution in [2.24, 2.45) is 0 Å². The van der Waals surface area contributed by atoms with Crippen molar-refractivity contribution in [2.75, 3.05) is 13.6 Å². The summed E-state index contributed by atoms with van der Waals surface area (Å²) in [7, 11) is 1.84. The molecule has 0 saturated heterocycles. The average molecular weight is 234 g/mol. The van der Waals surface area contributed by atoms with Gasteiger partial charge in [0.15, 0.2) is 0 Å². The van der Waals surface area contributed by atoms with Gasteiger partial charge in [0.1, 0.15) is 5.82 Å². The second-order valence-electron chi connectivity index (χ2n) is 4.07. The van der Waals surface area contributed by atoms with Crippen molar-refractivity contribution in [3.63, 3.8) is 0 Å². The van der Waals surface area contributed by atoms with Crippen LogP contribution in [-0.2, 0) is 6.42 Å². The molecular formula is C13H15FN2O. The van der Waals surface area contributed by atoms with Gasteiger partial charge in [-0.05, 0) is 38.6 Å². The van der Waals surface area contributed by atoms with Crippen LogP contribution in [0.4, 0.5) is 4.39 Å². The second-order valence-corrected chi connectivity index (χ2v) is 4.07. The maximum Gasteiger partial charge on any atom is 0.252 e. The van der Waals surface area contributed by atoms with Gasteiger partial charge in [-0.25, -0.2) is 4.39 Å².